The molecule has 0 aliphatic heterocycles. The lowest BCUT2D eigenvalue weighted by atomic mass is 9.74. The SMILES string of the molecule is CC(C)(Nc1nc(-c2ccccc2)cs1)C(C)(C)C(=O)O. The first-order chi connectivity index (χ1) is 9.74. The highest BCUT2D eigenvalue weighted by atomic mass is 32.1. The van der Waals surface area contributed by atoms with Gasteiger partial charge in [0.2, 0.25) is 0 Å². The van der Waals surface area contributed by atoms with Crippen LogP contribution in [0.1, 0.15) is 27.7 Å². The van der Waals surface area contributed by atoms with Crippen molar-refractivity contribution in [3.63, 3.8) is 0 Å². The zero-order valence-corrected chi connectivity index (χ0v) is 13.5. The molecule has 0 aliphatic rings. The molecular formula is C16H20N2O2S. The molecule has 5 heteroatoms. The lowest BCUT2D eigenvalue weighted by Crippen LogP contribution is -2.50. The van der Waals surface area contributed by atoms with Crippen molar-refractivity contribution >= 4 is 22.4 Å². The molecule has 0 bridgehead atoms. The Balaban J connectivity index is 2.22. The maximum Gasteiger partial charge on any atom is 0.311 e. The van der Waals surface area contributed by atoms with Gasteiger partial charge in [-0.15, -0.1) is 11.3 Å². The fourth-order valence-electron chi connectivity index (χ4n) is 1.76. The van der Waals surface area contributed by atoms with Crippen LogP contribution in [-0.2, 0) is 4.79 Å². The van der Waals surface area contributed by atoms with Crippen LogP contribution in [0.3, 0.4) is 0 Å². The van der Waals surface area contributed by atoms with Crippen LogP contribution < -0.4 is 5.32 Å². The Morgan fingerprint density at radius 2 is 1.81 bits per heavy atom. The Labute approximate surface area is 128 Å². The van der Waals surface area contributed by atoms with Crippen LogP contribution in [0, 0.1) is 5.41 Å². The number of rotatable bonds is 5. The molecule has 2 aromatic rings. The van der Waals surface area contributed by atoms with Crippen LogP contribution in [0.4, 0.5) is 5.13 Å². The quantitative estimate of drug-likeness (QED) is 0.872. The second-order valence-corrected chi connectivity index (χ2v) is 6.94. The van der Waals surface area contributed by atoms with Crippen molar-refractivity contribution in [1.29, 1.82) is 0 Å². The molecule has 0 saturated heterocycles. The van der Waals surface area contributed by atoms with Crippen LogP contribution in [-0.4, -0.2) is 21.6 Å². The number of thiazole rings is 1. The highest BCUT2D eigenvalue weighted by Crippen LogP contribution is 2.35. The lowest BCUT2D eigenvalue weighted by Gasteiger charge is -2.38. The van der Waals surface area contributed by atoms with Crippen LogP contribution in [0.15, 0.2) is 35.7 Å². The summed E-state index contributed by atoms with van der Waals surface area (Å²) < 4.78 is 0. The van der Waals surface area contributed by atoms with Crippen molar-refractivity contribution in [2.45, 2.75) is 33.2 Å². The van der Waals surface area contributed by atoms with Gasteiger partial charge in [-0.1, -0.05) is 30.3 Å². The van der Waals surface area contributed by atoms with E-state index in [0.717, 1.165) is 16.4 Å². The fourth-order valence-corrected chi connectivity index (χ4v) is 2.64. The second-order valence-electron chi connectivity index (χ2n) is 6.08. The van der Waals surface area contributed by atoms with E-state index < -0.39 is 16.9 Å². The number of hydrogen-bond donors (Lipinski definition) is 2. The van der Waals surface area contributed by atoms with Crippen molar-refractivity contribution in [1.82, 2.24) is 4.98 Å². The largest absolute Gasteiger partial charge is 0.481 e. The van der Waals surface area contributed by atoms with Gasteiger partial charge in [0, 0.05) is 16.5 Å². The molecule has 1 aromatic carbocycles. The van der Waals surface area contributed by atoms with Gasteiger partial charge >= 0.3 is 5.97 Å². The van der Waals surface area contributed by atoms with E-state index in [1.54, 1.807) is 13.8 Å². The maximum atomic E-state index is 11.4. The van der Waals surface area contributed by atoms with E-state index in [0.29, 0.717) is 0 Å². The van der Waals surface area contributed by atoms with Crippen LogP contribution in [0.5, 0.6) is 0 Å². The van der Waals surface area contributed by atoms with Crippen LogP contribution in [0.2, 0.25) is 0 Å². The molecule has 0 atom stereocenters. The highest BCUT2D eigenvalue weighted by Gasteiger charge is 2.43. The van der Waals surface area contributed by atoms with E-state index in [1.807, 2.05) is 49.6 Å². The molecule has 21 heavy (non-hydrogen) atoms. The number of carbonyl (C=O) groups is 1. The minimum absolute atomic E-state index is 0.620. The predicted molar refractivity (Wildman–Crippen MR) is 86.7 cm³/mol. The third kappa shape index (κ3) is 3.08. The summed E-state index contributed by atoms with van der Waals surface area (Å²) in [5.74, 6) is -0.833. The van der Waals surface area contributed by atoms with E-state index in [1.165, 1.54) is 11.3 Å². The van der Waals surface area contributed by atoms with E-state index in [2.05, 4.69) is 10.3 Å². The molecule has 4 nitrogen and oxygen atoms in total. The number of nitrogens with one attached hydrogen (secondary N) is 1. The van der Waals surface area contributed by atoms with Gasteiger partial charge in [-0.2, -0.15) is 0 Å². The van der Waals surface area contributed by atoms with Crippen LogP contribution >= 0.6 is 11.3 Å². The number of aromatic nitrogens is 1. The number of carboxylic acids is 1. The maximum absolute atomic E-state index is 11.4. The fraction of sp³-hybridized carbons (Fsp3) is 0.375. The summed E-state index contributed by atoms with van der Waals surface area (Å²) in [6, 6.07) is 9.92. The summed E-state index contributed by atoms with van der Waals surface area (Å²) in [7, 11) is 0. The molecule has 0 radical (unpaired) electrons. The first kappa shape index (κ1) is 15.5. The highest BCUT2D eigenvalue weighted by molar-refractivity contribution is 7.14. The standard InChI is InChI=1S/C16H20N2O2S/c1-15(2,13(19)20)16(3,4)18-14-17-12(10-21-14)11-8-6-5-7-9-11/h5-10H,1-4H3,(H,17,18)(H,19,20). The second kappa shape index (κ2) is 5.48. The average molecular weight is 304 g/mol. The van der Waals surface area contributed by atoms with E-state index in [4.69, 9.17) is 0 Å². The summed E-state index contributed by atoms with van der Waals surface area (Å²) in [5, 5.41) is 15.3. The van der Waals surface area contributed by atoms with Crippen molar-refractivity contribution in [2.24, 2.45) is 5.41 Å². The van der Waals surface area contributed by atoms with E-state index in [-0.39, 0.29) is 0 Å². The summed E-state index contributed by atoms with van der Waals surface area (Å²) in [4.78, 5) is 16.0. The van der Waals surface area contributed by atoms with Gasteiger partial charge in [-0.05, 0) is 27.7 Å². The molecule has 0 aliphatic carbocycles. The van der Waals surface area contributed by atoms with Gasteiger partial charge in [-0.25, -0.2) is 4.98 Å². The summed E-state index contributed by atoms with van der Waals surface area (Å²) in [6.45, 7) is 7.19. The first-order valence-corrected chi connectivity index (χ1v) is 7.64. The molecular weight excluding hydrogens is 284 g/mol. The summed E-state index contributed by atoms with van der Waals surface area (Å²) in [6.07, 6.45) is 0. The molecule has 0 unspecified atom stereocenters. The number of aliphatic carboxylic acids is 1. The zero-order valence-electron chi connectivity index (χ0n) is 12.7. The van der Waals surface area contributed by atoms with Crippen molar-refractivity contribution in [3.8, 4) is 11.3 Å². The number of benzene rings is 1. The van der Waals surface area contributed by atoms with Gasteiger partial charge in [0.1, 0.15) is 0 Å². The van der Waals surface area contributed by atoms with E-state index in [9.17, 15) is 9.90 Å². The number of nitrogens with zero attached hydrogens (tertiary/aromatic N) is 1. The zero-order chi connectivity index (χ0) is 15.7. The molecule has 0 amide bonds. The van der Waals surface area contributed by atoms with Gasteiger partial charge < -0.3 is 10.4 Å². The minimum atomic E-state index is -0.911. The Kier molecular flexibility index (Phi) is 4.05. The molecule has 0 spiro atoms. The first-order valence-electron chi connectivity index (χ1n) is 6.76. The number of carboxylic acid groups (broad SMARTS) is 1. The molecule has 0 fully saturated rings. The van der Waals surface area contributed by atoms with Crippen molar-refractivity contribution in [3.05, 3.63) is 35.7 Å². The van der Waals surface area contributed by atoms with Gasteiger partial charge in [0.25, 0.3) is 0 Å². The van der Waals surface area contributed by atoms with Gasteiger partial charge in [0.05, 0.1) is 11.1 Å². The molecule has 112 valence electrons. The Morgan fingerprint density at radius 3 is 2.38 bits per heavy atom. The van der Waals surface area contributed by atoms with Crippen molar-refractivity contribution < 1.29 is 9.90 Å². The van der Waals surface area contributed by atoms with E-state index >= 15 is 0 Å². The summed E-state index contributed by atoms with van der Waals surface area (Å²) in [5.41, 5.74) is 0.417. The molecule has 1 aromatic heterocycles. The monoisotopic (exact) mass is 304 g/mol. The topological polar surface area (TPSA) is 62.2 Å². The van der Waals surface area contributed by atoms with Crippen LogP contribution in [0.25, 0.3) is 11.3 Å². The Bertz CT molecular complexity index is 633. The Hall–Kier alpha value is -1.88. The number of anilines is 1. The minimum Gasteiger partial charge on any atom is -0.481 e. The lowest BCUT2D eigenvalue weighted by molar-refractivity contribution is -0.149. The number of hydrogen-bond acceptors (Lipinski definition) is 4. The smallest absolute Gasteiger partial charge is 0.311 e. The Morgan fingerprint density at radius 1 is 1.19 bits per heavy atom. The molecule has 0 saturated carbocycles. The molecule has 2 rings (SSSR count). The van der Waals surface area contributed by atoms with Crippen molar-refractivity contribution in [2.75, 3.05) is 5.32 Å². The predicted octanol–water partition coefficient (Wildman–Crippen LogP) is 4.11. The summed E-state index contributed by atoms with van der Waals surface area (Å²) >= 11 is 1.48. The molecule has 2 N–H and O–H groups in total. The average Bonchev–Trinajstić information content (AvgIpc) is 2.87. The normalized spacial score (nSPS) is 12.2. The molecule has 1 heterocycles. The third-order valence-corrected chi connectivity index (χ3v) is 4.85. The third-order valence-electron chi connectivity index (χ3n) is 4.09. The van der Waals surface area contributed by atoms with Gasteiger partial charge in [0.15, 0.2) is 5.13 Å². The van der Waals surface area contributed by atoms with Gasteiger partial charge in [-0.3, -0.25) is 4.79 Å².